The fourth-order valence-electron chi connectivity index (χ4n) is 3.65. The van der Waals surface area contributed by atoms with E-state index < -0.39 is 0 Å². The largest absolute Gasteiger partial charge is 0.339 e. The van der Waals surface area contributed by atoms with E-state index in [1.165, 1.54) is 19.3 Å². The van der Waals surface area contributed by atoms with Crippen molar-refractivity contribution in [1.29, 1.82) is 0 Å². The lowest BCUT2D eigenvalue weighted by Crippen LogP contribution is -2.49. The third-order valence-corrected chi connectivity index (χ3v) is 5.13. The van der Waals surface area contributed by atoms with Crippen LogP contribution >= 0.6 is 0 Å². The lowest BCUT2D eigenvalue weighted by molar-refractivity contribution is -0.133. The van der Waals surface area contributed by atoms with Gasteiger partial charge in [0.2, 0.25) is 5.91 Å². The molecule has 0 saturated carbocycles. The van der Waals surface area contributed by atoms with Gasteiger partial charge in [0.15, 0.2) is 0 Å². The number of piperazine rings is 1. The fourth-order valence-corrected chi connectivity index (χ4v) is 3.65. The molecule has 0 unspecified atom stereocenters. The van der Waals surface area contributed by atoms with Gasteiger partial charge in [0.1, 0.15) is 18.2 Å². The molecular formula is C17H25N7O. The number of aryl methyl sites for hydroxylation is 1. The summed E-state index contributed by atoms with van der Waals surface area (Å²) < 4.78 is 3.99. The third-order valence-electron chi connectivity index (χ3n) is 5.13. The molecule has 0 spiro atoms. The van der Waals surface area contributed by atoms with Gasteiger partial charge in [-0.05, 0) is 18.9 Å². The van der Waals surface area contributed by atoms with Crippen LogP contribution in [0.5, 0.6) is 0 Å². The fraction of sp³-hybridized carbons (Fsp3) is 0.647. The summed E-state index contributed by atoms with van der Waals surface area (Å²) in [5.74, 6) is 2.36. The molecule has 8 nitrogen and oxygen atoms in total. The van der Waals surface area contributed by atoms with Crippen molar-refractivity contribution in [3.63, 3.8) is 0 Å². The van der Waals surface area contributed by atoms with Gasteiger partial charge in [0.25, 0.3) is 0 Å². The van der Waals surface area contributed by atoms with Crippen molar-refractivity contribution in [2.24, 2.45) is 0 Å². The van der Waals surface area contributed by atoms with Crippen LogP contribution < -0.4 is 0 Å². The number of rotatable bonds is 4. The Morgan fingerprint density at radius 3 is 2.72 bits per heavy atom. The molecule has 1 fully saturated rings. The predicted molar refractivity (Wildman–Crippen MR) is 91.7 cm³/mol. The highest BCUT2D eigenvalue weighted by molar-refractivity contribution is 5.76. The molecule has 0 bridgehead atoms. The van der Waals surface area contributed by atoms with E-state index in [2.05, 4.69) is 24.8 Å². The second kappa shape index (κ2) is 7.35. The highest BCUT2D eigenvalue weighted by atomic mass is 16.2. The zero-order valence-electron chi connectivity index (χ0n) is 14.5. The molecule has 0 N–H and O–H groups in total. The first-order valence-corrected chi connectivity index (χ1v) is 9.18. The van der Waals surface area contributed by atoms with E-state index in [1.807, 2.05) is 17.2 Å². The molecule has 0 aromatic carbocycles. The molecule has 134 valence electrons. The predicted octanol–water partition coefficient (Wildman–Crippen LogP) is 0.545. The molecule has 4 rings (SSSR count). The Morgan fingerprint density at radius 2 is 1.92 bits per heavy atom. The number of carbonyl (C=O) groups is 1. The number of amides is 1. The molecule has 2 aromatic rings. The second-order valence-electron chi connectivity index (χ2n) is 6.86. The van der Waals surface area contributed by atoms with Crippen LogP contribution in [0, 0.1) is 0 Å². The Morgan fingerprint density at radius 1 is 1.04 bits per heavy atom. The van der Waals surface area contributed by atoms with E-state index in [9.17, 15) is 4.79 Å². The van der Waals surface area contributed by atoms with Crippen LogP contribution in [0.3, 0.4) is 0 Å². The zero-order valence-corrected chi connectivity index (χ0v) is 14.5. The molecule has 0 aliphatic carbocycles. The third kappa shape index (κ3) is 3.73. The van der Waals surface area contributed by atoms with Crippen LogP contribution in [0.2, 0.25) is 0 Å². The van der Waals surface area contributed by atoms with Crippen molar-refractivity contribution >= 4 is 5.91 Å². The molecular weight excluding hydrogens is 318 g/mol. The summed E-state index contributed by atoms with van der Waals surface area (Å²) in [7, 11) is 0. The molecule has 0 atom stereocenters. The van der Waals surface area contributed by atoms with Crippen molar-refractivity contribution in [2.45, 2.75) is 45.3 Å². The first-order chi connectivity index (χ1) is 12.3. The average Bonchev–Trinajstić information content (AvgIpc) is 3.20. The van der Waals surface area contributed by atoms with E-state index in [0.717, 1.165) is 57.3 Å². The van der Waals surface area contributed by atoms with Gasteiger partial charge in [-0.15, -0.1) is 10.2 Å². The van der Waals surface area contributed by atoms with Gasteiger partial charge in [0.05, 0.1) is 6.54 Å². The summed E-state index contributed by atoms with van der Waals surface area (Å²) in [6, 6.07) is 1.84. The van der Waals surface area contributed by atoms with Crippen molar-refractivity contribution in [3.8, 4) is 0 Å². The molecule has 8 heteroatoms. The van der Waals surface area contributed by atoms with E-state index in [-0.39, 0.29) is 5.91 Å². The quantitative estimate of drug-likeness (QED) is 0.810. The van der Waals surface area contributed by atoms with Gasteiger partial charge < -0.3 is 9.47 Å². The number of aromatic nitrogens is 5. The first kappa shape index (κ1) is 16.3. The maximum atomic E-state index is 12.3. The lowest BCUT2D eigenvalue weighted by Gasteiger charge is -2.34. The van der Waals surface area contributed by atoms with Crippen LogP contribution in [0.25, 0.3) is 0 Å². The van der Waals surface area contributed by atoms with Crippen molar-refractivity contribution in [3.05, 3.63) is 30.1 Å². The van der Waals surface area contributed by atoms with E-state index in [1.54, 1.807) is 10.9 Å². The topological polar surface area (TPSA) is 72.1 Å². The van der Waals surface area contributed by atoms with Crippen LogP contribution in [-0.2, 0) is 30.8 Å². The van der Waals surface area contributed by atoms with Crippen molar-refractivity contribution < 1.29 is 4.79 Å². The van der Waals surface area contributed by atoms with E-state index in [0.29, 0.717) is 6.54 Å². The molecule has 2 aliphatic rings. The van der Waals surface area contributed by atoms with Gasteiger partial charge in [0, 0.05) is 51.5 Å². The number of hydrogen-bond acceptors (Lipinski definition) is 5. The minimum absolute atomic E-state index is 0.139. The van der Waals surface area contributed by atoms with Gasteiger partial charge in [-0.1, -0.05) is 6.42 Å². The van der Waals surface area contributed by atoms with Crippen LogP contribution in [-0.4, -0.2) is 66.4 Å². The molecule has 2 aromatic heterocycles. The number of nitrogens with zero attached hydrogens (tertiary/aromatic N) is 7. The highest BCUT2D eigenvalue weighted by Crippen LogP contribution is 2.16. The maximum Gasteiger partial charge on any atom is 0.244 e. The van der Waals surface area contributed by atoms with Crippen LogP contribution in [0.4, 0.5) is 0 Å². The molecule has 0 radical (unpaired) electrons. The number of hydrogen-bond donors (Lipinski definition) is 0. The normalized spacial score (nSPS) is 18.8. The summed E-state index contributed by atoms with van der Waals surface area (Å²) in [5, 5.41) is 12.9. The summed E-state index contributed by atoms with van der Waals surface area (Å²) in [6.07, 6.45) is 8.28. The highest BCUT2D eigenvalue weighted by Gasteiger charge is 2.23. The summed E-state index contributed by atoms with van der Waals surface area (Å²) in [4.78, 5) is 16.6. The van der Waals surface area contributed by atoms with Crippen LogP contribution in [0.1, 0.15) is 30.9 Å². The van der Waals surface area contributed by atoms with Gasteiger partial charge >= 0.3 is 0 Å². The SMILES string of the molecule is O=C(Cn1cccn1)N1CCN(Cc2nnc3n2CCCCC3)CC1. The maximum absolute atomic E-state index is 12.3. The van der Waals surface area contributed by atoms with E-state index >= 15 is 0 Å². The Balaban J connectivity index is 1.30. The lowest BCUT2D eigenvalue weighted by atomic mass is 10.2. The molecule has 1 amide bonds. The average molecular weight is 343 g/mol. The molecule has 25 heavy (non-hydrogen) atoms. The standard InChI is InChI=1S/C17H25N7O/c25-17(14-23-7-4-6-18-23)22-11-9-21(10-12-22)13-16-20-19-15-5-2-1-3-8-24(15)16/h4,6-7H,1-3,5,8-14H2. The van der Waals surface area contributed by atoms with Crippen molar-refractivity contribution in [1.82, 2.24) is 34.3 Å². The second-order valence-corrected chi connectivity index (χ2v) is 6.86. The van der Waals surface area contributed by atoms with E-state index in [4.69, 9.17) is 0 Å². The monoisotopic (exact) mass is 343 g/mol. The molecule has 4 heterocycles. The van der Waals surface area contributed by atoms with Gasteiger partial charge in [-0.2, -0.15) is 5.10 Å². The Hall–Kier alpha value is -2.22. The summed E-state index contributed by atoms with van der Waals surface area (Å²) in [6.45, 7) is 5.49. The molecule has 2 aliphatic heterocycles. The van der Waals surface area contributed by atoms with Crippen molar-refractivity contribution in [2.75, 3.05) is 26.2 Å². The Kier molecular flexibility index (Phi) is 4.78. The Labute approximate surface area is 147 Å². The summed E-state index contributed by atoms with van der Waals surface area (Å²) in [5.41, 5.74) is 0. The van der Waals surface area contributed by atoms with Crippen LogP contribution in [0.15, 0.2) is 18.5 Å². The van der Waals surface area contributed by atoms with Gasteiger partial charge in [-0.25, -0.2) is 0 Å². The number of carbonyl (C=O) groups excluding carboxylic acids is 1. The van der Waals surface area contributed by atoms with Gasteiger partial charge in [-0.3, -0.25) is 14.4 Å². The molecule has 1 saturated heterocycles. The minimum atomic E-state index is 0.139. The number of fused-ring (bicyclic) bond motifs is 1. The smallest absolute Gasteiger partial charge is 0.244 e. The zero-order chi connectivity index (χ0) is 17.1. The summed E-state index contributed by atoms with van der Waals surface area (Å²) >= 11 is 0. The minimum Gasteiger partial charge on any atom is -0.339 e. The first-order valence-electron chi connectivity index (χ1n) is 9.18. The Bertz CT molecular complexity index is 701.